The van der Waals surface area contributed by atoms with Crippen molar-refractivity contribution in [3.63, 3.8) is 0 Å². The van der Waals surface area contributed by atoms with E-state index in [1.807, 2.05) is 6.07 Å². The van der Waals surface area contributed by atoms with Gasteiger partial charge in [-0.1, -0.05) is 24.3 Å². The van der Waals surface area contributed by atoms with Crippen LogP contribution in [-0.2, 0) is 9.53 Å². The number of pyridine rings is 1. The van der Waals surface area contributed by atoms with Crippen molar-refractivity contribution in [2.75, 3.05) is 4.90 Å². The quantitative estimate of drug-likeness (QED) is 0.298. The zero-order valence-corrected chi connectivity index (χ0v) is 19.5. The summed E-state index contributed by atoms with van der Waals surface area (Å²) in [6.45, 7) is 3.51. The number of Topliss-reactive ketones (excluding diaryl/α,β-unsaturated/α-hetero) is 1. The second kappa shape index (κ2) is 9.14. The zero-order chi connectivity index (χ0) is 25.4. The molecule has 36 heavy (non-hydrogen) atoms. The Balaban J connectivity index is 1.56. The Bertz CT molecular complexity index is 1470. The van der Waals surface area contributed by atoms with Gasteiger partial charge in [0.1, 0.15) is 5.58 Å². The molecule has 2 aromatic carbocycles. The van der Waals surface area contributed by atoms with Gasteiger partial charge in [0.05, 0.1) is 23.3 Å². The van der Waals surface area contributed by atoms with E-state index in [0.29, 0.717) is 22.4 Å². The number of ketones is 1. The number of nitrogens with zero attached hydrogens (tertiary/aromatic N) is 2. The lowest BCUT2D eigenvalue weighted by molar-refractivity contribution is -0.117. The molecule has 180 valence electrons. The lowest BCUT2D eigenvalue weighted by atomic mass is 9.96. The van der Waals surface area contributed by atoms with Crippen LogP contribution in [0.1, 0.15) is 46.4 Å². The number of hydrogen-bond donors (Lipinski definition) is 1. The third-order valence-corrected chi connectivity index (χ3v) is 5.83. The summed E-state index contributed by atoms with van der Waals surface area (Å²) in [6.07, 6.45) is 2.83. The summed E-state index contributed by atoms with van der Waals surface area (Å²) in [4.78, 5) is 44.6. The molecule has 1 aliphatic heterocycles. The van der Waals surface area contributed by atoms with Crippen LogP contribution in [0.15, 0.2) is 94.9 Å². The Labute approximate surface area is 206 Å². The number of aromatic nitrogens is 1. The molecule has 1 N–H and O–H groups in total. The molecule has 4 aromatic rings. The molecule has 0 bridgehead atoms. The first kappa shape index (κ1) is 23.0. The number of rotatable bonds is 6. The summed E-state index contributed by atoms with van der Waals surface area (Å²) >= 11 is 0. The average molecular weight is 482 g/mol. The van der Waals surface area contributed by atoms with Gasteiger partial charge in [-0.05, 0) is 61.9 Å². The van der Waals surface area contributed by atoms with E-state index in [2.05, 4.69) is 4.98 Å². The van der Waals surface area contributed by atoms with Gasteiger partial charge in [-0.2, -0.15) is 0 Å². The number of anilines is 1. The lowest BCUT2D eigenvalue weighted by Gasteiger charge is -2.26. The highest BCUT2D eigenvalue weighted by atomic mass is 16.5. The van der Waals surface area contributed by atoms with Crippen LogP contribution in [-0.4, -0.2) is 33.9 Å². The molecule has 1 amide bonds. The number of hydrogen-bond acceptors (Lipinski definition) is 7. The molecule has 2 aromatic heterocycles. The Kier molecular flexibility index (Phi) is 5.85. The Morgan fingerprint density at radius 1 is 1.06 bits per heavy atom. The number of carbonyl (C=O) groups excluding carboxylic acids is 3. The summed E-state index contributed by atoms with van der Waals surface area (Å²) in [6, 6.07) is 17.4. The van der Waals surface area contributed by atoms with Gasteiger partial charge in [-0.3, -0.25) is 19.5 Å². The molecule has 0 fully saturated rings. The monoisotopic (exact) mass is 482 g/mol. The van der Waals surface area contributed by atoms with E-state index in [1.165, 1.54) is 23.2 Å². The molecule has 8 nitrogen and oxygen atoms in total. The average Bonchev–Trinajstić information content (AvgIpc) is 3.43. The predicted octanol–water partition coefficient (Wildman–Crippen LogP) is 5.18. The minimum absolute atomic E-state index is 0.00747. The maximum Gasteiger partial charge on any atom is 0.338 e. The summed E-state index contributed by atoms with van der Waals surface area (Å²) in [5.41, 5.74) is 1.62. The first-order chi connectivity index (χ1) is 17.3. The molecule has 0 saturated carbocycles. The molecule has 8 heteroatoms. The van der Waals surface area contributed by atoms with Crippen LogP contribution < -0.4 is 4.90 Å². The molecular weight excluding hydrogens is 460 g/mol. The predicted molar refractivity (Wildman–Crippen MR) is 132 cm³/mol. The van der Waals surface area contributed by atoms with Gasteiger partial charge in [-0.15, -0.1) is 0 Å². The number of furan rings is 1. The largest absolute Gasteiger partial charge is 0.503 e. The van der Waals surface area contributed by atoms with Crippen molar-refractivity contribution in [1.82, 2.24) is 4.98 Å². The second-order valence-electron chi connectivity index (χ2n) is 8.60. The molecule has 0 aliphatic carbocycles. The van der Waals surface area contributed by atoms with Crippen LogP contribution in [0.5, 0.6) is 0 Å². The van der Waals surface area contributed by atoms with Gasteiger partial charge in [-0.25, -0.2) is 4.79 Å². The molecule has 1 aliphatic rings. The summed E-state index contributed by atoms with van der Waals surface area (Å²) < 4.78 is 11.0. The Hall–Kier alpha value is -4.72. The van der Waals surface area contributed by atoms with E-state index in [-0.39, 0.29) is 17.4 Å². The highest BCUT2D eigenvalue weighted by molar-refractivity contribution is 6.20. The molecule has 1 atom stereocenters. The van der Waals surface area contributed by atoms with Crippen LogP contribution in [0.25, 0.3) is 11.0 Å². The van der Waals surface area contributed by atoms with Gasteiger partial charge >= 0.3 is 5.97 Å². The molecule has 0 saturated heterocycles. The SMILES string of the molecule is CC(C)OC(=O)c1ccc(N2C(=O)C(O)=C(C(=O)c3cc4ccccc4o3)C2c2cccnc2)cc1. The first-order valence-corrected chi connectivity index (χ1v) is 11.4. The first-order valence-electron chi connectivity index (χ1n) is 11.4. The van der Waals surface area contributed by atoms with Crippen LogP contribution in [0, 0.1) is 0 Å². The second-order valence-corrected chi connectivity index (χ2v) is 8.60. The molecule has 3 heterocycles. The maximum absolute atomic E-state index is 13.6. The smallest absolute Gasteiger partial charge is 0.338 e. The molecule has 0 radical (unpaired) electrons. The minimum Gasteiger partial charge on any atom is -0.503 e. The van der Waals surface area contributed by atoms with Crippen LogP contribution in [0.4, 0.5) is 5.69 Å². The van der Waals surface area contributed by atoms with E-state index >= 15 is 0 Å². The van der Waals surface area contributed by atoms with E-state index in [9.17, 15) is 19.5 Å². The zero-order valence-electron chi connectivity index (χ0n) is 19.5. The van der Waals surface area contributed by atoms with Gasteiger partial charge in [0, 0.05) is 23.5 Å². The van der Waals surface area contributed by atoms with E-state index in [1.54, 1.807) is 68.6 Å². The number of carbonyl (C=O) groups is 3. The van der Waals surface area contributed by atoms with Crippen molar-refractivity contribution < 1.29 is 28.6 Å². The summed E-state index contributed by atoms with van der Waals surface area (Å²) in [7, 11) is 0. The topological polar surface area (TPSA) is 110 Å². The fourth-order valence-corrected chi connectivity index (χ4v) is 4.22. The number of benzene rings is 2. The van der Waals surface area contributed by atoms with Crippen LogP contribution in [0.3, 0.4) is 0 Å². The normalized spacial score (nSPS) is 15.7. The van der Waals surface area contributed by atoms with Crippen LogP contribution >= 0.6 is 0 Å². The molecule has 5 rings (SSSR count). The van der Waals surface area contributed by atoms with Crippen LogP contribution in [0.2, 0.25) is 0 Å². The third-order valence-electron chi connectivity index (χ3n) is 5.83. The Morgan fingerprint density at radius 2 is 1.81 bits per heavy atom. The summed E-state index contributed by atoms with van der Waals surface area (Å²) in [5, 5.41) is 11.6. The number of esters is 1. The van der Waals surface area contributed by atoms with Gasteiger partial charge in [0.25, 0.3) is 5.91 Å². The molecule has 0 spiro atoms. The van der Waals surface area contributed by atoms with Crippen molar-refractivity contribution in [3.05, 3.63) is 107 Å². The minimum atomic E-state index is -0.958. The van der Waals surface area contributed by atoms with Gasteiger partial charge in [0.15, 0.2) is 11.5 Å². The summed E-state index contributed by atoms with van der Waals surface area (Å²) in [5.74, 6) is -2.51. The van der Waals surface area contributed by atoms with E-state index in [4.69, 9.17) is 9.15 Å². The van der Waals surface area contributed by atoms with Crippen molar-refractivity contribution >= 4 is 34.3 Å². The van der Waals surface area contributed by atoms with Crippen molar-refractivity contribution in [2.24, 2.45) is 0 Å². The standard InChI is InChI=1S/C28H22N2O6/c1-16(2)35-28(34)17-9-11-20(12-10-17)30-24(19-7-5-13-29-15-19)23(26(32)27(30)33)25(31)22-14-18-6-3-4-8-21(18)36-22/h3-16,24,32H,1-2H3. The fourth-order valence-electron chi connectivity index (χ4n) is 4.22. The number of para-hydroxylation sites is 1. The fraction of sp³-hybridized carbons (Fsp3) is 0.143. The number of aliphatic hydroxyl groups is 1. The van der Waals surface area contributed by atoms with Crippen molar-refractivity contribution in [3.8, 4) is 0 Å². The number of fused-ring (bicyclic) bond motifs is 1. The van der Waals surface area contributed by atoms with E-state index < -0.39 is 29.5 Å². The maximum atomic E-state index is 13.6. The van der Waals surface area contributed by atoms with Gasteiger partial charge < -0.3 is 14.3 Å². The highest BCUT2D eigenvalue weighted by Crippen LogP contribution is 2.42. The number of aliphatic hydroxyl groups excluding tert-OH is 1. The van der Waals surface area contributed by atoms with E-state index in [0.717, 1.165) is 5.39 Å². The lowest BCUT2D eigenvalue weighted by Crippen LogP contribution is -2.31. The molecular formula is C28H22N2O6. The highest BCUT2D eigenvalue weighted by Gasteiger charge is 2.45. The molecule has 1 unspecified atom stereocenters. The Morgan fingerprint density at radius 3 is 2.47 bits per heavy atom. The van der Waals surface area contributed by atoms with Crippen molar-refractivity contribution in [2.45, 2.75) is 26.0 Å². The number of ether oxygens (including phenoxy) is 1. The van der Waals surface area contributed by atoms with Gasteiger partial charge in [0.2, 0.25) is 5.78 Å². The number of amides is 1. The third kappa shape index (κ3) is 4.02. The van der Waals surface area contributed by atoms with Crippen molar-refractivity contribution in [1.29, 1.82) is 0 Å².